The van der Waals surface area contributed by atoms with E-state index < -0.39 is 0 Å². The highest BCUT2D eigenvalue weighted by Gasteiger charge is 2.09. The fraction of sp³-hybridized carbons (Fsp3) is 0.125. The van der Waals surface area contributed by atoms with Crippen LogP contribution in [0.25, 0.3) is 0 Å². The Balaban J connectivity index is 2.07. The Bertz CT molecular complexity index is 627. The van der Waals surface area contributed by atoms with Gasteiger partial charge in [0.15, 0.2) is 5.78 Å². The molecule has 0 atom stereocenters. The van der Waals surface area contributed by atoms with E-state index in [-0.39, 0.29) is 11.6 Å². The summed E-state index contributed by atoms with van der Waals surface area (Å²) in [7, 11) is 0. The number of rotatable bonds is 5. The molecule has 0 unspecified atom stereocenters. The van der Waals surface area contributed by atoms with Crippen molar-refractivity contribution in [3.8, 4) is 11.8 Å². The summed E-state index contributed by atoms with van der Waals surface area (Å²) in [5.74, 6) is 0.0623. The Morgan fingerprint density at radius 1 is 1.05 bits per heavy atom. The van der Waals surface area contributed by atoms with E-state index in [1.807, 2.05) is 6.07 Å². The van der Waals surface area contributed by atoms with Crippen molar-refractivity contribution >= 4 is 5.78 Å². The van der Waals surface area contributed by atoms with Crippen molar-refractivity contribution in [3.63, 3.8) is 0 Å². The van der Waals surface area contributed by atoms with Crippen LogP contribution >= 0.6 is 0 Å². The van der Waals surface area contributed by atoms with E-state index in [0.717, 1.165) is 0 Å². The molecule has 0 aromatic heterocycles. The number of nitrogens with zero attached hydrogens (tertiary/aromatic N) is 1. The molecule has 0 aliphatic heterocycles. The third-order valence-electron chi connectivity index (χ3n) is 2.71. The zero-order valence-electron chi connectivity index (χ0n) is 10.7. The molecule has 0 saturated carbocycles. The van der Waals surface area contributed by atoms with Gasteiger partial charge < -0.3 is 4.74 Å². The lowest BCUT2D eigenvalue weighted by Gasteiger charge is -2.05. The number of carbonyl (C=O) groups excluding carboxylic acids is 1. The van der Waals surface area contributed by atoms with E-state index in [1.165, 1.54) is 24.3 Å². The molecule has 0 fully saturated rings. The largest absolute Gasteiger partial charge is 0.493 e. The van der Waals surface area contributed by atoms with Crippen LogP contribution in [0.4, 0.5) is 4.39 Å². The van der Waals surface area contributed by atoms with Crippen LogP contribution in [0, 0.1) is 17.1 Å². The zero-order valence-corrected chi connectivity index (χ0v) is 10.7. The molecule has 0 bridgehead atoms. The minimum Gasteiger partial charge on any atom is -0.493 e. The Labute approximate surface area is 116 Å². The van der Waals surface area contributed by atoms with E-state index in [4.69, 9.17) is 10.00 Å². The molecule has 0 amide bonds. The molecule has 0 radical (unpaired) electrons. The van der Waals surface area contributed by atoms with Crippen molar-refractivity contribution < 1.29 is 13.9 Å². The molecule has 0 heterocycles. The summed E-state index contributed by atoms with van der Waals surface area (Å²) in [6.07, 6.45) is 0.316. The maximum absolute atomic E-state index is 12.8. The van der Waals surface area contributed by atoms with E-state index in [0.29, 0.717) is 29.9 Å². The van der Waals surface area contributed by atoms with Gasteiger partial charge in [-0.05, 0) is 48.5 Å². The first-order valence-corrected chi connectivity index (χ1v) is 6.11. The molecular formula is C16H12FNO2. The highest BCUT2D eigenvalue weighted by molar-refractivity contribution is 6.08. The Morgan fingerprint density at radius 2 is 1.60 bits per heavy atom. The van der Waals surface area contributed by atoms with Gasteiger partial charge in [0.25, 0.3) is 0 Å². The smallest absolute Gasteiger partial charge is 0.193 e. The predicted octanol–water partition coefficient (Wildman–Crippen LogP) is 3.35. The standard InChI is InChI=1S/C16H12FNO2/c17-14-6-2-12(3-7-14)16(19)13-4-8-15(9-5-13)20-11-1-10-18/h2-9H,1,11H2. The molecule has 2 aromatic rings. The van der Waals surface area contributed by atoms with E-state index in [1.54, 1.807) is 24.3 Å². The lowest BCUT2D eigenvalue weighted by atomic mass is 10.0. The second kappa shape index (κ2) is 6.48. The summed E-state index contributed by atoms with van der Waals surface area (Å²) in [5, 5.41) is 8.41. The van der Waals surface area contributed by atoms with E-state index in [9.17, 15) is 9.18 Å². The summed E-state index contributed by atoms with van der Waals surface area (Å²) in [4.78, 5) is 12.1. The van der Waals surface area contributed by atoms with Gasteiger partial charge in [-0.15, -0.1) is 0 Å². The third-order valence-corrected chi connectivity index (χ3v) is 2.71. The molecule has 0 aliphatic rings. The number of carbonyl (C=O) groups is 1. The van der Waals surface area contributed by atoms with Crippen molar-refractivity contribution in [1.82, 2.24) is 0 Å². The van der Waals surface area contributed by atoms with Gasteiger partial charge in [0.1, 0.15) is 18.2 Å². The summed E-state index contributed by atoms with van der Waals surface area (Å²) in [5.41, 5.74) is 0.939. The second-order valence-corrected chi connectivity index (χ2v) is 4.12. The highest BCUT2D eigenvalue weighted by atomic mass is 19.1. The van der Waals surface area contributed by atoms with Crippen LogP contribution in [0.5, 0.6) is 5.75 Å². The van der Waals surface area contributed by atoms with Gasteiger partial charge in [0.05, 0.1) is 12.5 Å². The highest BCUT2D eigenvalue weighted by Crippen LogP contribution is 2.16. The quantitative estimate of drug-likeness (QED) is 0.617. The number of halogens is 1. The molecule has 2 rings (SSSR count). The van der Waals surface area contributed by atoms with Gasteiger partial charge >= 0.3 is 0 Å². The first-order chi connectivity index (χ1) is 9.70. The zero-order chi connectivity index (χ0) is 14.4. The fourth-order valence-electron chi connectivity index (χ4n) is 1.68. The van der Waals surface area contributed by atoms with Crippen LogP contribution in [0.2, 0.25) is 0 Å². The SMILES string of the molecule is N#CCCOc1ccc(C(=O)c2ccc(F)cc2)cc1. The van der Waals surface area contributed by atoms with Gasteiger partial charge in [-0.1, -0.05) is 0 Å². The Kier molecular flexibility index (Phi) is 4.46. The molecule has 100 valence electrons. The minimum absolute atomic E-state index is 0.173. The average molecular weight is 269 g/mol. The molecular weight excluding hydrogens is 257 g/mol. The topological polar surface area (TPSA) is 50.1 Å². The van der Waals surface area contributed by atoms with Crippen molar-refractivity contribution in [2.45, 2.75) is 6.42 Å². The maximum Gasteiger partial charge on any atom is 0.193 e. The fourth-order valence-corrected chi connectivity index (χ4v) is 1.68. The van der Waals surface area contributed by atoms with E-state index >= 15 is 0 Å². The van der Waals surface area contributed by atoms with Crippen molar-refractivity contribution in [2.75, 3.05) is 6.61 Å². The summed E-state index contributed by atoms with van der Waals surface area (Å²) < 4.78 is 18.1. The van der Waals surface area contributed by atoms with Crippen LogP contribution in [-0.4, -0.2) is 12.4 Å². The van der Waals surface area contributed by atoms with Crippen molar-refractivity contribution in [2.24, 2.45) is 0 Å². The first kappa shape index (κ1) is 13.8. The molecule has 0 saturated heterocycles. The summed E-state index contributed by atoms with van der Waals surface area (Å²) in [6, 6.07) is 14.0. The second-order valence-electron chi connectivity index (χ2n) is 4.12. The average Bonchev–Trinajstić information content (AvgIpc) is 2.48. The summed E-state index contributed by atoms with van der Waals surface area (Å²) in [6.45, 7) is 0.321. The summed E-state index contributed by atoms with van der Waals surface area (Å²) >= 11 is 0. The van der Waals surface area contributed by atoms with Gasteiger partial charge in [-0.25, -0.2) is 4.39 Å². The van der Waals surface area contributed by atoms with Crippen LogP contribution < -0.4 is 4.74 Å². The molecule has 2 aromatic carbocycles. The van der Waals surface area contributed by atoms with Crippen molar-refractivity contribution in [3.05, 3.63) is 65.5 Å². The number of benzene rings is 2. The Morgan fingerprint density at radius 3 is 2.15 bits per heavy atom. The van der Waals surface area contributed by atoms with E-state index in [2.05, 4.69) is 0 Å². The van der Waals surface area contributed by atoms with Crippen LogP contribution in [0.3, 0.4) is 0 Å². The number of nitriles is 1. The number of ether oxygens (including phenoxy) is 1. The Hall–Kier alpha value is -2.67. The van der Waals surface area contributed by atoms with Crippen LogP contribution in [-0.2, 0) is 0 Å². The molecule has 0 aliphatic carbocycles. The van der Waals surface area contributed by atoms with Crippen molar-refractivity contribution in [1.29, 1.82) is 5.26 Å². The normalized spacial score (nSPS) is 9.80. The van der Waals surface area contributed by atoms with Gasteiger partial charge in [0, 0.05) is 11.1 Å². The minimum atomic E-state index is -0.372. The lowest BCUT2D eigenvalue weighted by Crippen LogP contribution is -2.02. The van der Waals surface area contributed by atoms with Gasteiger partial charge in [-0.3, -0.25) is 4.79 Å². The molecule has 20 heavy (non-hydrogen) atoms. The van der Waals surface area contributed by atoms with Crippen LogP contribution in [0.1, 0.15) is 22.3 Å². The van der Waals surface area contributed by atoms with Gasteiger partial charge in [0.2, 0.25) is 0 Å². The molecule has 0 N–H and O–H groups in total. The number of hydrogen-bond acceptors (Lipinski definition) is 3. The first-order valence-electron chi connectivity index (χ1n) is 6.11. The molecule has 3 nitrogen and oxygen atoms in total. The monoisotopic (exact) mass is 269 g/mol. The maximum atomic E-state index is 12.8. The third kappa shape index (κ3) is 3.42. The number of ketones is 1. The lowest BCUT2D eigenvalue weighted by molar-refractivity contribution is 0.103. The van der Waals surface area contributed by atoms with Gasteiger partial charge in [-0.2, -0.15) is 5.26 Å². The predicted molar refractivity (Wildman–Crippen MR) is 72.0 cm³/mol. The molecule has 4 heteroatoms. The van der Waals surface area contributed by atoms with Crippen LogP contribution in [0.15, 0.2) is 48.5 Å². The number of hydrogen-bond donors (Lipinski definition) is 0. The molecule has 0 spiro atoms.